The minimum Gasteiger partial charge on any atom is -0.411 e. The van der Waals surface area contributed by atoms with Crippen LogP contribution in [0.15, 0.2) is 10.3 Å². The molecule has 0 fully saturated rings. The molecule has 28 heteroatoms. The van der Waals surface area contributed by atoms with Gasteiger partial charge in [0, 0.05) is 83.3 Å². The molecule has 0 aliphatic rings. The highest BCUT2D eigenvalue weighted by Crippen LogP contribution is 2.11. The molecule has 0 radical (unpaired) electrons. The van der Waals surface area contributed by atoms with Crippen LogP contribution in [0.2, 0.25) is 0 Å². The molecule has 0 spiro atoms. The fourth-order valence-electron chi connectivity index (χ4n) is 7.36. The molecular formula is C55H103N13O15. The zero-order valence-electron chi connectivity index (χ0n) is 50.8. The van der Waals surface area contributed by atoms with Gasteiger partial charge < -0.3 is 88.7 Å². The lowest BCUT2D eigenvalue weighted by atomic mass is 9.98. The maximum Gasteiger partial charge on any atom is 0.246 e. The summed E-state index contributed by atoms with van der Waals surface area (Å²) in [5.74, 6) is -3.35. The lowest BCUT2D eigenvalue weighted by Gasteiger charge is -2.32. The first-order valence-electron chi connectivity index (χ1n) is 29.1. The summed E-state index contributed by atoms with van der Waals surface area (Å²) in [6, 6.07) is -1.28. The van der Waals surface area contributed by atoms with E-state index < -0.39 is 35.0 Å². The van der Waals surface area contributed by atoms with Crippen molar-refractivity contribution in [2.75, 3.05) is 98.7 Å². The van der Waals surface area contributed by atoms with Crippen molar-refractivity contribution in [1.29, 1.82) is 0 Å². The monoisotopic (exact) mass is 1190 g/mol. The average molecular weight is 1190 g/mol. The van der Waals surface area contributed by atoms with Crippen molar-refractivity contribution in [2.45, 2.75) is 175 Å². The molecule has 478 valence electrons. The van der Waals surface area contributed by atoms with Crippen LogP contribution in [0.1, 0.15) is 152 Å². The van der Waals surface area contributed by atoms with Crippen LogP contribution in [-0.4, -0.2) is 197 Å². The number of nitrogens with zero attached hydrogens (tertiary/aromatic N) is 2. The Bertz CT molecular complexity index is 1960. The molecule has 15 N–H and O–H groups in total. The number of ether oxygens (including phenoxy) is 4. The Morgan fingerprint density at radius 2 is 0.807 bits per heavy atom. The molecule has 0 aromatic carbocycles. The molecule has 9 amide bonds. The third-order valence-corrected chi connectivity index (χ3v) is 13.6. The Labute approximate surface area is 490 Å². The second kappa shape index (κ2) is 46.3. The van der Waals surface area contributed by atoms with Gasteiger partial charge in [0.2, 0.25) is 53.2 Å². The van der Waals surface area contributed by atoms with Gasteiger partial charge in [0.1, 0.15) is 19.3 Å². The van der Waals surface area contributed by atoms with Gasteiger partial charge in [-0.05, 0) is 99.3 Å². The number of carbonyl (C=O) groups is 9. The maximum atomic E-state index is 13.3. The van der Waals surface area contributed by atoms with Gasteiger partial charge in [-0.3, -0.25) is 43.2 Å². The molecule has 28 nitrogen and oxygen atoms in total. The molecular weight excluding hydrogens is 1080 g/mol. The number of rotatable bonds is 52. The van der Waals surface area contributed by atoms with E-state index in [-0.39, 0.29) is 164 Å². The van der Waals surface area contributed by atoms with Gasteiger partial charge in [0.05, 0.1) is 68.2 Å². The fourth-order valence-corrected chi connectivity index (χ4v) is 7.36. The number of nitrogens with two attached hydrogens (primary N) is 2. The van der Waals surface area contributed by atoms with E-state index in [0.717, 1.165) is 12.8 Å². The zero-order valence-corrected chi connectivity index (χ0v) is 50.8. The van der Waals surface area contributed by atoms with E-state index in [0.29, 0.717) is 82.7 Å². The summed E-state index contributed by atoms with van der Waals surface area (Å²) in [5.41, 5.74) is 10.2. The summed E-state index contributed by atoms with van der Waals surface area (Å²) in [6.45, 7) is 17.4. The fraction of sp³-hybridized carbons (Fsp3) is 0.800. The minimum absolute atomic E-state index is 0.00449. The summed E-state index contributed by atoms with van der Waals surface area (Å²) in [4.78, 5) is 111. The molecule has 0 aromatic rings. The Kier molecular flexibility index (Phi) is 42.9. The lowest BCUT2D eigenvalue weighted by molar-refractivity contribution is -0.129. The Balaban J connectivity index is 4.61. The van der Waals surface area contributed by atoms with E-state index in [4.69, 9.17) is 30.4 Å². The molecule has 0 unspecified atom stereocenters. The smallest absolute Gasteiger partial charge is 0.246 e. The van der Waals surface area contributed by atoms with Crippen molar-refractivity contribution in [3.63, 3.8) is 0 Å². The van der Waals surface area contributed by atoms with Crippen LogP contribution in [0, 0.1) is 11.8 Å². The van der Waals surface area contributed by atoms with Crippen LogP contribution in [0.25, 0.3) is 0 Å². The Morgan fingerprint density at radius 3 is 1.24 bits per heavy atom. The zero-order chi connectivity index (χ0) is 62.5. The topological polar surface area (TPSA) is 416 Å². The Morgan fingerprint density at radius 1 is 0.446 bits per heavy atom. The van der Waals surface area contributed by atoms with Crippen LogP contribution < -0.4 is 59.3 Å². The van der Waals surface area contributed by atoms with Crippen LogP contribution in [-0.2, 0) is 62.1 Å². The van der Waals surface area contributed by atoms with Gasteiger partial charge in [0.25, 0.3) is 0 Å². The van der Waals surface area contributed by atoms with Gasteiger partial charge in [-0.25, -0.2) is 0 Å². The van der Waals surface area contributed by atoms with Crippen molar-refractivity contribution < 1.29 is 72.5 Å². The molecule has 0 aromatic heterocycles. The normalized spacial score (nSPS) is 13.4. The van der Waals surface area contributed by atoms with Gasteiger partial charge in [-0.2, -0.15) is 0 Å². The summed E-state index contributed by atoms with van der Waals surface area (Å²) in [5, 5.41) is 51.4. The third kappa shape index (κ3) is 41.6. The van der Waals surface area contributed by atoms with Crippen molar-refractivity contribution >= 4 is 64.6 Å². The summed E-state index contributed by atoms with van der Waals surface area (Å²) >= 11 is 0. The number of nitrogens with one attached hydrogen (secondary N) is 9. The average Bonchev–Trinajstić information content (AvgIpc) is 3.46. The molecule has 0 aliphatic carbocycles. The van der Waals surface area contributed by atoms with Gasteiger partial charge in [0.15, 0.2) is 0 Å². The van der Waals surface area contributed by atoms with Gasteiger partial charge in [-0.15, -0.1) is 0 Å². The lowest BCUT2D eigenvalue weighted by Crippen LogP contribution is -2.57. The second-order valence-electron chi connectivity index (χ2n) is 21.6. The van der Waals surface area contributed by atoms with E-state index in [2.05, 4.69) is 58.2 Å². The molecule has 83 heavy (non-hydrogen) atoms. The van der Waals surface area contributed by atoms with Crippen molar-refractivity contribution in [3.05, 3.63) is 0 Å². The standard InChI is InChI=1S/C55H103N13O15/c1-39(51(56)75)17-9-12-25-59-49(73)37-82-33-32-81-30-28-61-50(74)38-83-34-31-80-29-27-60-46(70)21-16-23-48(72)66-44(53(77)62-26-13-10-18-40(2)52(57)76)19-11-14-24-58-45(69)20-15-22-47(71)65-43(35-63-54(5,6)41(3)67-78)36-64-55(7,8)42(4)68-79/h39-40,43-44,63-64,78-79H,9-38H2,1-8H3,(H2,56,75)(H2,57,76)(H,58,69)(H,59,73)(H,60,70)(H,61,74)(H,62,77)(H,65,71)(H,66,72)/b67-41-,68-42-/t39-,40-,44-/m0/s1. The molecule has 0 saturated carbocycles. The van der Waals surface area contributed by atoms with Crippen molar-refractivity contribution in [1.82, 2.24) is 47.9 Å². The van der Waals surface area contributed by atoms with Crippen LogP contribution in [0.4, 0.5) is 0 Å². The van der Waals surface area contributed by atoms with E-state index in [1.54, 1.807) is 27.7 Å². The quantitative estimate of drug-likeness (QED) is 0.0167. The largest absolute Gasteiger partial charge is 0.411 e. The van der Waals surface area contributed by atoms with E-state index in [1.807, 2.05) is 27.7 Å². The van der Waals surface area contributed by atoms with E-state index >= 15 is 0 Å². The van der Waals surface area contributed by atoms with Crippen molar-refractivity contribution in [2.24, 2.45) is 33.6 Å². The predicted octanol–water partition coefficient (Wildman–Crippen LogP) is 0.134. The predicted molar refractivity (Wildman–Crippen MR) is 312 cm³/mol. The van der Waals surface area contributed by atoms with Gasteiger partial charge in [-0.1, -0.05) is 37.0 Å². The number of amides is 9. The molecule has 0 saturated heterocycles. The summed E-state index contributed by atoms with van der Waals surface area (Å²) in [7, 11) is 0. The van der Waals surface area contributed by atoms with E-state index in [9.17, 15) is 53.6 Å². The Hall–Kier alpha value is -6.07. The van der Waals surface area contributed by atoms with Crippen LogP contribution in [0.5, 0.6) is 0 Å². The number of hydrogen-bond acceptors (Lipinski definition) is 19. The summed E-state index contributed by atoms with van der Waals surface area (Å²) < 4.78 is 21.5. The maximum absolute atomic E-state index is 13.3. The first-order valence-corrected chi connectivity index (χ1v) is 29.1. The summed E-state index contributed by atoms with van der Waals surface area (Å²) in [6.07, 6.45) is 6.08. The highest BCUT2D eigenvalue weighted by atomic mass is 16.5. The highest BCUT2D eigenvalue weighted by Gasteiger charge is 2.27. The van der Waals surface area contributed by atoms with E-state index in [1.165, 1.54) is 0 Å². The second-order valence-corrected chi connectivity index (χ2v) is 21.6. The first-order chi connectivity index (χ1) is 39.3. The minimum atomic E-state index is -0.865. The molecule has 0 heterocycles. The molecule has 3 atom stereocenters. The molecule has 0 bridgehead atoms. The first kappa shape index (κ1) is 76.9. The molecule has 0 aliphatic heterocycles. The number of hydrogen-bond donors (Lipinski definition) is 13. The van der Waals surface area contributed by atoms with Crippen molar-refractivity contribution in [3.8, 4) is 0 Å². The van der Waals surface area contributed by atoms with Gasteiger partial charge >= 0.3 is 0 Å². The number of unbranched alkanes of at least 4 members (excludes halogenated alkanes) is 3. The third-order valence-electron chi connectivity index (χ3n) is 13.6. The number of oxime groups is 2. The SMILES string of the molecule is C/C(=N/O)C(C)(C)NCC(CNC(C)(C)/C(C)=N\O)NC(=O)CCCC(=O)NCCCC[C@H](NC(=O)CCCC(=O)NCCOCCOCC(=O)NCCOCCOCC(=O)NCCCC[C@H](C)C(N)=O)C(=O)NCCCC[C@H](C)C(N)=O. The van der Waals surface area contributed by atoms with Crippen LogP contribution >= 0.6 is 0 Å². The highest BCUT2D eigenvalue weighted by molar-refractivity contribution is 5.91. The van der Waals surface area contributed by atoms with Crippen LogP contribution in [0.3, 0.4) is 0 Å². The molecule has 0 rings (SSSR count). The number of carbonyl (C=O) groups excluding carboxylic acids is 9. The number of primary amides is 2.